The summed E-state index contributed by atoms with van der Waals surface area (Å²) in [6.45, 7) is 8.20. The number of nitrogens with two attached hydrogens (primary N) is 1. The van der Waals surface area contributed by atoms with Crippen LogP contribution in [0.15, 0.2) is 18.2 Å². The summed E-state index contributed by atoms with van der Waals surface area (Å²) in [6.07, 6.45) is 1.18. The Balaban J connectivity index is 1.88. The number of carbonyl (C=O) groups is 1. The summed E-state index contributed by atoms with van der Waals surface area (Å²) < 4.78 is 0. The molecule has 1 aliphatic rings. The fourth-order valence-corrected chi connectivity index (χ4v) is 2.64. The molecule has 1 aromatic carbocycles. The van der Waals surface area contributed by atoms with Crippen LogP contribution in [0.1, 0.15) is 29.3 Å². The number of rotatable bonds is 4. The molecular weight excluding hydrogens is 238 g/mol. The van der Waals surface area contributed by atoms with Crippen LogP contribution in [0.4, 0.5) is 5.69 Å². The van der Waals surface area contributed by atoms with E-state index in [0.29, 0.717) is 11.6 Å². The number of hydrogen-bond donors (Lipinski definition) is 2. The molecule has 0 bridgehead atoms. The minimum Gasteiger partial charge on any atom is -0.399 e. The molecule has 0 saturated carbocycles. The molecule has 1 amide bonds. The molecule has 1 atom stereocenters. The van der Waals surface area contributed by atoms with E-state index in [2.05, 4.69) is 17.1 Å². The van der Waals surface area contributed by atoms with Gasteiger partial charge < -0.3 is 16.0 Å². The first kappa shape index (κ1) is 13.9. The predicted molar refractivity (Wildman–Crippen MR) is 78.1 cm³/mol. The zero-order valence-corrected chi connectivity index (χ0v) is 11.8. The van der Waals surface area contributed by atoms with Crippen LogP contribution in [0, 0.1) is 12.8 Å². The first-order chi connectivity index (χ1) is 9.10. The summed E-state index contributed by atoms with van der Waals surface area (Å²) in [4.78, 5) is 14.5. The standard InChI is InChI=1S/C15H23N3O/c1-3-18-7-6-12(10-18)9-17-15(19)14-5-4-13(16)8-11(14)2/h4-5,8,12H,3,6-7,9-10,16H2,1-2H3,(H,17,19). The molecule has 0 radical (unpaired) electrons. The minimum atomic E-state index is 0.00690. The predicted octanol–water partition coefficient (Wildman–Crippen LogP) is 1.65. The van der Waals surface area contributed by atoms with Crippen molar-refractivity contribution in [3.8, 4) is 0 Å². The highest BCUT2D eigenvalue weighted by molar-refractivity contribution is 5.96. The smallest absolute Gasteiger partial charge is 0.251 e. The quantitative estimate of drug-likeness (QED) is 0.810. The Kier molecular flexibility index (Phi) is 4.43. The molecule has 1 aromatic rings. The van der Waals surface area contributed by atoms with E-state index in [0.717, 1.165) is 37.3 Å². The van der Waals surface area contributed by atoms with Crippen molar-refractivity contribution >= 4 is 11.6 Å². The van der Waals surface area contributed by atoms with E-state index in [1.807, 2.05) is 13.0 Å². The van der Waals surface area contributed by atoms with Gasteiger partial charge in [-0.3, -0.25) is 4.79 Å². The third kappa shape index (κ3) is 3.47. The summed E-state index contributed by atoms with van der Waals surface area (Å²) >= 11 is 0. The molecule has 1 unspecified atom stereocenters. The second-order valence-electron chi connectivity index (χ2n) is 5.33. The highest BCUT2D eigenvalue weighted by Crippen LogP contribution is 2.16. The minimum absolute atomic E-state index is 0.00690. The van der Waals surface area contributed by atoms with Crippen LogP contribution >= 0.6 is 0 Å². The zero-order valence-electron chi connectivity index (χ0n) is 11.8. The number of aryl methyl sites for hydroxylation is 1. The largest absolute Gasteiger partial charge is 0.399 e. The number of nitrogen functional groups attached to an aromatic ring is 1. The summed E-state index contributed by atoms with van der Waals surface area (Å²) in [5.74, 6) is 0.588. The highest BCUT2D eigenvalue weighted by Gasteiger charge is 2.21. The molecule has 1 fully saturated rings. The highest BCUT2D eigenvalue weighted by atomic mass is 16.1. The maximum absolute atomic E-state index is 12.1. The maximum Gasteiger partial charge on any atom is 0.251 e. The van der Waals surface area contributed by atoms with Gasteiger partial charge in [0, 0.05) is 24.3 Å². The molecule has 1 saturated heterocycles. The number of amides is 1. The van der Waals surface area contributed by atoms with Gasteiger partial charge in [-0.1, -0.05) is 6.92 Å². The molecule has 4 nitrogen and oxygen atoms in total. The van der Waals surface area contributed by atoms with Crippen LogP contribution in [-0.4, -0.2) is 37.0 Å². The molecule has 1 aliphatic heterocycles. The lowest BCUT2D eigenvalue weighted by molar-refractivity contribution is 0.0947. The van der Waals surface area contributed by atoms with Crippen LogP contribution in [0.5, 0.6) is 0 Å². The average Bonchev–Trinajstić information content (AvgIpc) is 2.84. The monoisotopic (exact) mass is 261 g/mol. The average molecular weight is 261 g/mol. The number of hydrogen-bond acceptors (Lipinski definition) is 3. The van der Waals surface area contributed by atoms with Crippen LogP contribution in [0.3, 0.4) is 0 Å². The SMILES string of the molecule is CCN1CCC(CNC(=O)c2ccc(N)cc2C)C1. The first-order valence-electron chi connectivity index (χ1n) is 6.96. The lowest BCUT2D eigenvalue weighted by Crippen LogP contribution is -2.31. The molecule has 3 N–H and O–H groups in total. The van der Waals surface area contributed by atoms with Crippen LogP contribution in [0.2, 0.25) is 0 Å². The molecule has 104 valence electrons. The molecule has 0 aromatic heterocycles. The molecule has 1 heterocycles. The van der Waals surface area contributed by atoms with Gasteiger partial charge in [0.1, 0.15) is 0 Å². The number of likely N-dealkylation sites (tertiary alicyclic amines) is 1. The van der Waals surface area contributed by atoms with Crippen molar-refractivity contribution in [2.24, 2.45) is 5.92 Å². The number of carbonyl (C=O) groups excluding carboxylic acids is 1. The molecule has 2 rings (SSSR count). The zero-order chi connectivity index (χ0) is 13.8. The molecule has 0 aliphatic carbocycles. The third-order valence-electron chi connectivity index (χ3n) is 3.86. The first-order valence-corrected chi connectivity index (χ1v) is 6.96. The van der Waals surface area contributed by atoms with Gasteiger partial charge >= 0.3 is 0 Å². The molecule has 0 spiro atoms. The molecule has 19 heavy (non-hydrogen) atoms. The topological polar surface area (TPSA) is 58.4 Å². The summed E-state index contributed by atoms with van der Waals surface area (Å²) in [7, 11) is 0. The van der Waals surface area contributed by atoms with Gasteiger partial charge in [-0.05, 0) is 56.1 Å². The van der Waals surface area contributed by atoms with Gasteiger partial charge in [0.25, 0.3) is 5.91 Å². The van der Waals surface area contributed by atoms with Crippen LogP contribution < -0.4 is 11.1 Å². The van der Waals surface area contributed by atoms with Gasteiger partial charge in [-0.25, -0.2) is 0 Å². The van der Waals surface area contributed by atoms with Gasteiger partial charge in [0.15, 0.2) is 0 Å². The Morgan fingerprint density at radius 2 is 2.32 bits per heavy atom. The van der Waals surface area contributed by atoms with Crippen molar-refractivity contribution in [2.45, 2.75) is 20.3 Å². The van der Waals surface area contributed by atoms with E-state index in [9.17, 15) is 4.79 Å². The normalized spacial score (nSPS) is 19.6. The van der Waals surface area contributed by atoms with Gasteiger partial charge in [-0.15, -0.1) is 0 Å². The number of nitrogens with zero attached hydrogens (tertiary/aromatic N) is 1. The van der Waals surface area contributed by atoms with E-state index in [-0.39, 0.29) is 5.91 Å². The third-order valence-corrected chi connectivity index (χ3v) is 3.86. The lowest BCUT2D eigenvalue weighted by atomic mass is 10.1. The van der Waals surface area contributed by atoms with Crippen molar-refractivity contribution in [3.05, 3.63) is 29.3 Å². The summed E-state index contributed by atoms with van der Waals surface area (Å²) in [5.41, 5.74) is 8.04. The Labute approximate surface area is 115 Å². The van der Waals surface area contributed by atoms with Crippen molar-refractivity contribution in [3.63, 3.8) is 0 Å². The van der Waals surface area contributed by atoms with Crippen molar-refractivity contribution in [1.82, 2.24) is 10.2 Å². The van der Waals surface area contributed by atoms with E-state index < -0.39 is 0 Å². The summed E-state index contributed by atoms with van der Waals surface area (Å²) in [6, 6.07) is 5.41. The van der Waals surface area contributed by atoms with E-state index in [4.69, 9.17) is 5.73 Å². The Hall–Kier alpha value is -1.55. The van der Waals surface area contributed by atoms with Crippen LogP contribution in [0.25, 0.3) is 0 Å². The van der Waals surface area contributed by atoms with Gasteiger partial charge in [-0.2, -0.15) is 0 Å². The van der Waals surface area contributed by atoms with Gasteiger partial charge in [0.05, 0.1) is 0 Å². The number of nitrogens with one attached hydrogen (secondary N) is 1. The second kappa shape index (κ2) is 6.06. The number of anilines is 1. The molecular formula is C15H23N3O. The van der Waals surface area contributed by atoms with E-state index in [1.165, 1.54) is 6.42 Å². The Bertz CT molecular complexity index is 459. The fourth-order valence-electron chi connectivity index (χ4n) is 2.64. The number of benzene rings is 1. The molecule has 4 heteroatoms. The van der Waals surface area contributed by atoms with Crippen LogP contribution in [-0.2, 0) is 0 Å². The van der Waals surface area contributed by atoms with E-state index in [1.54, 1.807) is 12.1 Å². The van der Waals surface area contributed by atoms with Crippen molar-refractivity contribution < 1.29 is 4.79 Å². The maximum atomic E-state index is 12.1. The van der Waals surface area contributed by atoms with Gasteiger partial charge in [0.2, 0.25) is 0 Å². The Morgan fingerprint density at radius 3 is 2.95 bits per heavy atom. The fraction of sp³-hybridized carbons (Fsp3) is 0.533. The van der Waals surface area contributed by atoms with Crippen molar-refractivity contribution in [2.75, 3.05) is 31.9 Å². The van der Waals surface area contributed by atoms with E-state index >= 15 is 0 Å². The van der Waals surface area contributed by atoms with Crippen molar-refractivity contribution in [1.29, 1.82) is 0 Å². The summed E-state index contributed by atoms with van der Waals surface area (Å²) in [5, 5.41) is 3.04. The lowest BCUT2D eigenvalue weighted by Gasteiger charge is -2.14. The Morgan fingerprint density at radius 1 is 1.53 bits per heavy atom. The second-order valence-corrected chi connectivity index (χ2v) is 5.33.